The van der Waals surface area contributed by atoms with Gasteiger partial charge in [-0.05, 0) is 42.5 Å². The van der Waals surface area contributed by atoms with Gasteiger partial charge in [0.15, 0.2) is 11.5 Å². The molecule has 0 radical (unpaired) electrons. The van der Waals surface area contributed by atoms with Crippen molar-refractivity contribution in [2.45, 2.75) is 13.0 Å². The fraction of sp³-hybridized carbons (Fsp3) is 0.0800. The molecule has 4 aromatic rings. The lowest BCUT2D eigenvalue weighted by atomic mass is 9.99. The molecule has 0 fully saturated rings. The zero-order valence-corrected chi connectivity index (χ0v) is 17.4. The zero-order chi connectivity index (χ0) is 23.1. The zero-order valence-electron chi connectivity index (χ0n) is 17.4. The first-order chi connectivity index (χ1) is 15.9. The lowest BCUT2D eigenvalue weighted by Crippen LogP contribution is -2.30. The van der Waals surface area contributed by atoms with Crippen molar-refractivity contribution in [3.63, 3.8) is 0 Å². The third kappa shape index (κ3) is 3.47. The summed E-state index contributed by atoms with van der Waals surface area (Å²) in [6.07, 6.45) is 1.42. The molecule has 8 nitrogen and oxygen atoms in total. The molecule has 3 heterocycles. The van der Waals surface area contributed by atoms with Gasteiger partial charge in [-0.1, -0.05) is 24.3 Å². The summed E-state index contributed by atoms with van der Waals surface area (Å²) in [4.78, 5) is 39.4. The van der Waals surface area contributed by atoms with Crippen LogP contribution < -0.4 is 10.2 Å². The third-order valence-corrected chi connectivity index (χ3v) is 5.36. The predicted octanol–water partition coefficient (Wildman–Crippen LogP) is 4.77. The fourth-order valence-corrected chi connectivity index (χ4v) is 3.98. The molecule has 0 saturated heterocycles. The van der Waals surface area contributed by atoms with Gasteiger partial charge in [0, 0.05) is 23.7 Å². The molecule has 1 unspecified atom stereocenters. The molecule has 0 aliphatic carbocycles. The first kappa shape index (κ1) is 20.3. The molecule has 164 valence electrons. The number of para-hydroxylation sites is 1. The highest BCUT2D eigenvalue weighted by atomic mass is 16.3. The highest BCUT2D eigenvalue weighted by molar-refractivity contribution is 6.20. The largest absolute Gasteiger partial charge is 0.503 e. The number of aliphatic hydroxyl groups is 1. The molecule has 33 heavy (non-hydrogen) atoms. The van der Waals surface area contributed by atoms with E-state index >= 15 is 0 Å². The molecule has 2 N–H and O–H groups in total. The molecule has 8 heteroatoms. The summed E-state index contributed by atoms with van der Waals surface area (Å²) in [6.45, 7) is 1.37. The molecule has 0 spiro atoms. The molecular formula is C25H18N2O6. The van der Waals surface area contributed by atoms with Gasteiger partial charge in [-0.15, -0.1) is 0 Å². The third-order valence-electron chi connectivity index (χ3n) is 5.36. The van der Waals surface area contributed by atoms with Gasteiger partial charge in [0.05, 0.1) is 11.8 Å². The van der Waals surface area contributed by atoms with Crippen LogP contribution in [0.5, 0.6) is 0 Å². The molecule has 2 aromatic heterocycles. The number of nitrogens with one attached hydrogen (secondary N) is 1. The number of ketones is 1. The quantitative estimate of drug-likeness (QED) is 0.431. The van der Waals surface area contributed by atoms with Crippen molar-refractivity contribution in [3.05, 3.63) is 95.8 Å². The van der Waals surface area contributed by atoms with Crippen molar-refractivity contribution < 1.29 is 28.3 Å². The molecule has 5 rings (SSSR count). The Morgan fingerprint density at radius 1 is 1.03 bits per heavy atom. The van der Waals surface area contributed by atoms with Crippen LogP contribution in [0.2, 0.25) is 0 Å². The number of furan rings is 2. The minimum Gasteiger partial charge on any atom is -0.503 e. The van der Waals surface area contributed by atoms with Gasteiger partial charge in [0.1, 0.15) is 17.4 Å². The summed E-state index contributed by atoms with van der Waals surface area (Å²) in [5, 5.41) is 14.2. The van der Waals surface area contributed by atoms with Crippen molar-refractivity contribution in [1.29, 1.82) is 0 Å². The van der Waals surface area contributed by atoms with Crippen LogP contribution in [0.4, 0.5) is 11.4 Å². The number of benzene rings is 2. The smallest absolute Gasteiger partial charge is 0.294 e. The highest BCUT2D eigenvalue weighted by Gasteiger charge is 2.46. The number of fused-ring (bicyclic) bond motifs is 1. The average Bonchev–Trinajstić information content (AvgIpc) is 3.52. The second kappa shape index (κ2) is 7.83. The van der Waals surface area contributed by atoms with Gasteiger partial charge in [-0.3, -0.25) is 19.3 Å². The second-order valence-corrected chi connectivity index (χ2v) is 7.56. The van der Waals surface area contributed by atoms with E-state index in [9.17, 15) is 19.5 Å². The number of amides is 2. The Hall–Kier alpha value is -4.59. The summed E-state index contributed by atoms with van der Waals surface area (Å²) in [6, 6.07) is 17.5. The van der Waals surface area contributed by atoms with Crippen molar-refractivity contribution in [2.24, 2.45) is 0 Å². The Kier molecular flexibility index (Phi) is 4.82. The van der Waals surface area contributed by atoms with Crippen LogP contribution in [-0.2, 0) is 9.59 Å². The molecule has 2 amide bonds. The monoisotopic (exact) mass is 442 g/mol. The Labute approximate surface area is 187 Å². The van der Waals surface area contributed by atoms with Crippen LogP contribution in [0, 0.1) is 0 Å². The predicted molar refractivity (Wildman–Crippen MR) is 120 cm³/mol. The van der Waals surface area contributed by atoms with Crippen LogP contribution >= 0.6 is 0 Å². The number of carbonyl (C=O) groups is 3. The van der Waals surface area contributed by atoms with E-state index in [4.69, 9.17) is 8.83 Å². The van der Waals surface area contributed by atoms with Crippen LogP contribution in [-0.4, -0.2) is 22.7 Å². The molecule has 0 bridgehead atoms. The maximum atomic E-state index is 13.5. The lowest BCUT2D eigenvalue weighted by Gasteiger charge is -2.25. The number of hydrogen-bond acceptors (Lipinski definition) is 6. The van der Waals surface area contributed by atoms with E-state index in [2.05, 4.69) is 5.32 Å². The second-order valence-electron chi connectivity index (χ2n) is 7.56. The highest BCUT2D eigenvalue weighted by Crippen LogP contribution is 2.43. The van der Waals surface area contributed by atoms with Crippen molar-refractivity contribution in [2.75, 3.05) is 10.2 Å². The van der Waals surface area contributed by atoms with Gasteiger partial charge in [-0.25, -0.2) is 0 Å². The van der Waals surface area contributed by atoms with Crippen molar-refractivity contribution >= 4 is 39.9 Å². The maximum absolute atomic E-state index is 13.5. The van der Waals surface area contributed by atoms with Crippen LogP contribution in [0.1, 0.15) is 29.3 Å². The number of rotatable bonds is 5. The molecule has 0 saturated carbocycles. The van der Waals surface area contributed by atoms with Crippen molar-refractivity contribution in [3.8, 4) is 0 Å². The van der Waals surface area contributed by atoms with E-state index in [0.717, 1.165) is 5.39 Å². The number of Topliss-reactive ketones (excluding diaryl/α,β-unsaturated/α-hetero) is 1. The van der Waals surface area contributed by atoms with Crippen LogP contribution in [0.3, 0.4) is 0 Å². The molecule has 1 aliphatic rings. The number of carbonyl (C=O) groups excluding carboxylic acids is 3. The number of anilines is 2. The Bertz CT molecular complexity index is 1400. The topological polar surface area (TPSA) is 113 Å². The lowest BCUT2D eigenvalue weighted by molar-refractivity contribution is -0.117. The van der Waals surface area contributed by atoms with Crippen LogP contribution in [0.15, 0.2) is 93.2 Å². The van der Waals surface area contributed by atoms with Gasteiger partial charge >= 0.3 is 0 Å². The van der Waals surface area contributed by atoms with Gasteiger partial charge in [0.25, 0.3) is 5.91 Å². The van der Waals surface area contributed by atoms with E-state index in [0.29, 0.717) is 17.0 Å². The van der Waals surface area contributed by atoms with E-state index in [1.54, 1.807) is 60.7 Å². The maximum Gasteiger partial charge on any atom is 0.294 e. The standard InChI is InChI=1S/C25H18N2O6/c1-14(28)26-16-7-4-8-17(13-16)27-22(19-10-5-11-32-19)21(24(30)25(27)31)23(29)20-12-15-6-2-3-9-18(15)33-20/h2-13,22,30H,1H3,(H,26,28). The number of nitrogens with zero attached hydrogens (tertiary/aromatic N) is 1. The summed E-state index contributed by atoms with van der Waals surface area (Å²) in [5.74, 6) is -2.07. The average molecular weight is 442 g/mol. The van der Waals surface area contributed by atoms with Gasteiger partial charge in [-0.2, -0.15) is 0 Å². The Morgan fingerprint density at radius 3 is 2.58 bits per heavy atom. The Balaban J connectivity index is 1.61. The number of hydrogen-bond donors (Lipinski definition) is 2. The molecule has 2 aromatic carbocycles. The van der Waals surface area contributed by atoms with E-state index in [-0.39, 0.29) is 23.0 Å². The summed E-state index contributed by atoms with van der Waals surface area (Å²) in [5.41, 5.74) is 1.19. The van der Waals surface area contributed by atoms with E-state index < -0.39 is 23.5 Å². The van der Waals surface area contributed by atoms with E-state index in [1.165, 1.54) is 18.1 Å². The van der Waals surface area contributed by atoms with Crippen molar-refractivity contribution in [1.82, 2.24) is 0 Å². The minimum atomic E-state index is -1.03. The van der Waals surface area contributed by atoms with Crippen LogP contribution in [0.25, 0.3) is 11.0 Å². The SMILES string of the molecule is CC(=O)Nc1cccc(N2C(=O)C(O)=C(C(=O)c3cc4ccccc4o3)C2c2ccco2)c1. The van der Waals surface area contributed by atoms with Gasteiger partial charge < -0.3 is 19.3 Å². The summed E-state index contributed by atoms with van der Waals surface area (Å²) >= 11 is 0. The summed E-state index contributed by atoms with van der Waals surface area (Å²) < 4.78 is 11.2. The fourth-order valence-electron chi connectivity index (χ4n) is 3.98. The molecule has 1 aliphatic heterocycles. The molecular weight excluding hydrogens is 424 g/mol. The number of aliphatic hydroxyl groups excluding tert-OH is 1. The normalized spacial score (nSPS) is 16.0. The molecule has 1 atom stereocenters. The first-order valence-electron chi connectivity index (χ1n) is 10.1. The minimum absolute atomic E-state index is 0.00375. The van der Waals surface area contributed by atoms with E-state index in [1.807, 2.05) is 6.07 Å². The van der Waals surface area contributed by atoms with Gasteiger partial charge in [0.2, 0.25) is 11.7 Å². The first-order valence-corrected chi connectivity index (χ1v) is 10.1. The Morgan fingerprint density at radius 2 is 1.85 bits per heavy atom. The summed E-state index contributed by atoms with van der Waals surface area (Å²) in [7, 11) is 0.